The summed E-state index contributed by atoms with van der Waals surface area (Å²) in [6.45, 7) is 7.56. The van der Waals surface area contributed by atoms with Crippen molar-refractivity contribution >= 4 is 63.2 Å². The number of rotatable bonds is 4. The highest BCUT2D eigenvalue weighted by atomic mass is 127. The van der Waals surface area contributed by atoms with Crippen molar-refractivity contribution in [2.24, 2.45) is 5.41 Å². The molecular formula is C25H32IN6O3P. The van der Waals surface area contributed by atoms with E-state index in [9.17, 15) is 14.4 Å². The van der Waals surface area contributed by atoms with Crippen LogP contribution in [-0.4, -0.2) is 68.2 Å². The van der Waals surface area contributed by atoms with Crippen LogP contribution in [-0.2, 0) is 14.4 Å². The first-order valence-electron chi connectivity index (χ1n) is 11.8. The third kappa shape index (κ3) is 7.46. The Labute approximate surface area is 226 Å². The van der Waals surface area contributed by atoms with Gasteiger partial charge in [0.1, 0.15) is 0 Å². The summed E-state index contributed by atoms with van der Waals surface area (Å²) in [7, 11) is 0. The SMILES string of the molecule is CC(=O)Nc1cncc2cnn(PI)c12.CC1CN(C=O)CCN1C(=O)C1(C)CC1.c1ccccc1. The molecule has 2 aliphatic rings. The fraction of sp³-hybridized carbons (Fsp3) is 0.400. The van der Waals surface area contributed by atoms with Crippen molar-refractivity contribution in [2.75, 3.05) is 25.0 Å². The number of aromatic nitrogens is 3. The number of carbonyl (C=O) groups is 3. The lowest BCUT2D eigenvalue weighted by Crippen LogP contribution is -2.55. The lowest BCUT2D eigenvalue weighted by Gasteiger charge is -2.39. The number of nitrogens with one attached hydrogen (secondary N) is 1. The van der Waals surface area contributed by atoms with E-state index in [1.165, 1.54) is 6.92 Å². The molecule has 1 aromatic carbocycles. The van der Waals surface area contributed by atoms with Gasteiger partial charge in [0.15, 0.2) is 0 Å². The number of fused-ring (bicyclic) bond motifs is 1. The summed E-state index contributed by atoms with van der Waals surface area (Å²) >= 11 is 2.24. The second-order valence-electron chi connectivity index (χ2n) is 9.11. The maximum absolute atomic E-state index is 12.1. The van der Waals surface area contributed by atoms with Gasteiger partial charge >= 0.3 is 0 Å². The van der Waals surface area contributed by atoms with Gasteiger partial charge in [-0.05, 0) is 41.8 Å². The van der Waals surface area contributed by atoms with E-state index in [-0.39, 0.29) is 23.3 Å². The largest absolute Gasteiger partial charge is 0.341 e. The van der Waals surface area contributed by atoms with Crippen LogP contribution in [0.2, 0.25) is 0 Å². The van der Waals surface area contributed by atoms with E-state index in [4.69, 9.17) is 0 Å². The van der Waals surface area contributed by atoms with E-state index in [2.05, 4.69) is 37.4 Å². The minimum absolute atomic E-state index is 0.0857. The van der Waals surface area contributed by atoms with Crippen molar-refractivity contribution in [3.63, 3.8) is 0 Å². The standard InChI is InChI=1S/C11H18N2O2.C8H8IN4OP.C6H6/c1-9-7-12(8-14)5-6-13(9)10(15)11(2)3-4-11;1-5(14)12-7-4-10-2-6-3-11-13(15-9)8(6)7;1-2-4-6-5-3-1/h8-9H,3-7H2,1-2H3;2-4,15H,1H3,(H,12,14);1-6H. The Morgan fingerprint density at radius 2 is 1.75 bits per heavy atom. The third-order valence-corrected chi connectivity index (χ3v) is 7.98. The summed E-state index contributed by atoms with van der Waals surface area (Å²) in [5.74, 6) is 0.175. The van der Waals surface area contributed by atoms with Gasteiger partial charge in [0.2, 0.25) is 18.2 Å². The molecule has 0 bridgehead atoms. The molecule has 3 aromatic rings. The van der Waals surface area contributed by atoms with Crippen LogP contribution in [0.15, 0.2) is 55.0 Å². The van der Waals surface area contributed by atoms with Gasteiger partial charge in [0.05, 0.1) is 30.0 Å². The van der Waals surface area contributed by atoms with Crippen LogP contribution < -0.4 is 5.32 Å². The smallest absolute Gasteiger partial charge is 0.228 e. The van der Waals surface area contributed by atoms with Crippen molar-refractivity contribution in [3.05, 3.63) is 55.0 Å². The quantitative estimate of drug-likeness (QED) is 0.265. The van der Waals surface area contributed by atoms with E-state index >= 15 is 0 Å². The van der Waals surface area contributed by atoms with Crippen LogP contribution in [0.5, 0.6) is 0 Å². The molecule has 2 unspecified atom stereocenters. The zero-order valence-electron chi connectivity index (χ0n) is 20.7. The maximum Gasteiger partial charge on any atom is 0.228 e. The number of carbonyl (C=O) groups excluding carboxylic acids is 3. The summed E-state index contributed by atoms with van der Waals surface area (Å²) in [6.07, 6.45) is 8.53. The van der Waals surface area contributed by atoms with E-state index in [0.717, 1.165) is 30.2 Å². The number of hydrogen-bond acceptors (Lipinski definition) is 5. The van der Waals surface area contributed by atoms with Crippen LogP contribution >= 0.6 is 28.4 Å². The Morgan fingerprint density at radius 1 is 1.11 bits per heavy atom. The summed E-state index contributed by atoms with van der Waals surface area (Å²) in [6, 6.07) is 12.2. The topological polar surface area (TPSA) is 100 Å². The molecule has 11 heteroatoms. The summed E-state index contributed by atoms with van der Waals surface area (Å²) in [5, 5.41) is 7.89. The van der Waals surface area contributed by atoms with Crippen molar-refractivity contribution in [3.8, 4) is 0 Å². The van der Waals surface area contributed by atoms with Crippen molar-refractivity contribution in [2.45, 2.75) is 39.7 Å². The molecule has 1 saturated heterocycles. The Hall–Kier alpha value is -2.59. The van der Waals surface area contributed by atoms with Gasteiger partial charge in [-0.25, -0.2) is 4.45 Å². The van der Waals surface area contributed by atoms with E-state index < -0.39 is 0 Å². The Kier molecular flexibility index (Phi) is 10.2. The third-order valence-electron chi connectivity index (χ3n) is 6.11. The number of anilines is 1. The highest BCUT2D eigenvalue weighted by molar-refractivity contribution is 14.2. The molecule has 3 heterocycles. The Bertz CT molecular complexity index is 1140. The van der Waals surface area contributed by atoms with Crippen molar-refractivity contribution in [1.29, 1.82) is 0 Å². The number of benzene rings is 1. The molecule has 1 N–H and O–H groups in total. The predicted molar refractivity (Wildman–Crippen MR) is 152 cm³/mol. The van der Waals surface area contributed by atoms with Gasteiger partial charge in [-0.3, -0.25) is 19.4 Å². The van der Waals surface area contributed by atoms with Crippen LogP contribution in [0.25, 0.3) is 10.9 Å². The lowest BCUT2D eigenvalue weighted by atomic mass is 10.1. The molecule has 0 radical (unpaired) electrons. The first-order valence-corrected chi connectivity index (χ1v) is 15.8. The number of amides is 3. The normalized spacial score (nSPS) is 18.1. The average molecular weight is 622 g/mol. The van der Waals surface area contributed by atoms with Gasteiger partial charge in [0.25, 0.3) is 0 Å². The molecule has 1 aliphatic heterocycles. The van der Waals surface area contributed by atoms with Crippen LogP contribution in [0, 0.1) is 5.41 Å². The molecule has 1 aliphatic carbocycles. The second-order valence-corrected chi connectivity index (χ2v) is 11.2. The van der Waals surface area contributed by atoms with E-state index in [0.29, 0.717) is 31.7 Å². The van der Waals surface area contributed by atoms with Gasteiger partial charge in [-0.2, -0.15) is 5.10 Å². The molecule has 2 aromatic heterocycles. The van der Waals surface area contributed by atoms with E-state index in [1.54, 1.807) is 23.5 Å². The van der Waals surface area contributed by atoms with Crippen LogP contribution in [0.4, 0.5) is 5.69 Å². The van der Waals surface area contributed by atoms with Gasteiger partial charge < -0.3 is 15.1 Å². The molecule has 1 saturated carbocycles. The number of hydrogen-bond donors (Lipinski definition) is 1. The highest BCUT2D eigenvalue weighted by Gasteiger charge is 2.48. The number of piperazine rings is 1. The maximum atomic E-state index is 12.1. The predicted octanol–water partition coefficient (Wildman–Crippen LogP) is 4.34. The lowest BCUT2D eigenvalue weighted by molar-refractivity contribution is -0.142. The molecule has 2 atom stereocenters. The summed E-state index contributed by atoms with van der Waals surface area (Å²) < 4.78 is 1.85. The molecule has 192 valence electrons. The number of pyridine rings is 1. The zero-order chi connectivity index (χ0) is 26.1. The van der Waals surface area contributed by atoms with Gasteiger partial charge in [-0.15, -0.1) is 0 Å². The molecule has 3 amide bonds. The first kappa shape index (κ1) is 28.0. The number of halogens is 1. The minimum Gasteiger partial charge on any atom is -0.341 e. The molecule has 5 rings (SSSR count). The molecule has 2 fully saturated rings. The van der Waals surface area contributed by atoms with Crippen molar-refractivity contribution < 1.29 is 14.4 Å². The minimum atomic E-state index is -0.103. The Morgan fingerprint density at radius 3 is 2.25 bits per heavy atom. The monoisotopic (exact) mass is 622 g/mol. The molecule has 0 spiro atoms. The summed E-state index contributed by atoms with van der Waals surface area (Å²) in [4.78, 5) is 41.5. The van der Waals surface area contributed by atoms with E-state index in [1.807, 2.05) is 59.6 Å². The number of nitrogens with zero attached hydrogens (tertiary/aromatic N) is 5. The Balaban J connectivity index is 0.000000164. The van der Waals surface area contributed by atoms with Crippen LogP contribution in [0.3, 0.4) is 0 Å². The van der Waals surface area contributed by atoms with Crippen LogP contribution in [0.1, 0.15) is 33.6 Å². The highest BCUT2D eigenvalue weighted by Crippen LogP contribution is 2.47. The van der Waals surface area contributed by atoms with Crippen molar-refractivity contribution in [1.82, 2.24) is 24.3 Å². The molecule has 36 heavy (non-hydrogen) atoms. The molecular weight excluding hydrogens is 590 g/mol. The zero-order valence-corrected chi connectivity index (χ0v) is 23.9. The van der Waals surface area contributed by atoms with Gasteiger partial charge in [0, 0.05) is 49.6 Å². The summed E-state index contributed by atoms with van der Waals surface area (Å²) in [5.41, 5.74) is 1.55. The second kappa shape index (κ2) is 13.1. The fourth-order valence-electron chi connectivity index (χ4n) is 3.84. The molecule has 9 nitrogen and oxygen atoms in total. The van der Waals surface area contributed by atoms with Gasteiger partial charge in [-0.1, -0.05) is 43.3 Å². The first-order chi connectivity index (χ1) is 17.3. The average Bonchev–Trinajstić information content (AvgIpc) is 3.50. The fourth-order valence-corrected chi connectivity index (χ4v) is 5.37.